The Morgan fingerprint density at radius 2 is 1.31 bits per heavy atom. The Hall–Kier alpha value is -5.71. The smallest absolute Gasteiger partial charge is 0.383 e. The molecular formula is C44H42F6N4O. The highest BCUT2D eigenvalue weighted by Crippen LogP contribution is 2.51. The van der Waals surface area contributed by atoms with E-state index in [2.05, 4.69) is 22.2 Å². The van der Waals surface area contributed by atoms with Crippen molar-refractivity contribution in [3.8, 4) is 22.3 Å². The maximum Gasteiger partial charge on any atom is 0.416 e. The molecule has 0 radical (unpaired) electrons. The van der Waals surface area contributed by atoms with Gasteiger partial charge in [-0.25, -0.2) is 4.99 Å². The molecule has 3 N–H and O–H groups in total. The molecule has 286 valence electrons. The Bertz CT molecular complexity index is 2130. The highest BCUT2D eigenvalue weighted by molar-refractivity contribution is 6.05. The molecule has 6 rings (SSSR count). The number of aliphatic imine (C=N–C) groups is 2. The van der Waals surface area contributed by atoms with Gasteiger partial charge in [-0.3, -0.25) is 9.79 Å². The number of amides is 1. The Morgan fingerprint density at radius 1 is 0.745 bits per heavy atom. The largest absolute Gasteiger partial charge is 0.416 e. The van der Waals surface area contributed by atoms with Gasteiger partial charge in [-0.2, -0.15) is 26.3 Å². The summed E-state index contributed by atoms with van der Waals surface area (Å²) in [5.74, 6) is -0.287. The van der Waals surface area contributed by atoms with Crippen molar-refractivity contribution < 1.29 is 31.1 Å². The molecule has 0 unspecified atom stereocenters. The molecule has 0 aliphatic heterocycles. The summed E-state index contributed by atoms with van der Waals surface area (Å²) in [6, 6.07) is 32.9. The molecule has 1 aliphatic carbocycles. The molecule has 0 saturated heterocycles. The van der Waals surface area contributed by atoms with Crippen molar-refractivity contribution in [3.63, 3.8) is 0 Å². The minimum atomic E-state index is -4.43. The lowest BCUT2D eigenvalue weighted by Gasteiger charge is -2.31. The van der Waals surface area contributed by atoms with Gasteiger partial charge in [0, 0.05) is 17.3 Å². The summed E-state index contributed by atoms with van der Waals surface area (Å²) in [6.45, 7) is 4.50. The van der Waals surface area contributed by atoms with Gasteiger partial charge < -0.3 is 11.1 Å². The minimum absolute atomic E-state index is 0.279. The first kappa shape index (κ1) is 40.5. The van der Waals surface area contributed by atoms with Crippen LogP contribution in [0.15, 0.2) is 125 Å². The van der Waals surface area contributed by atoms with Crippen molar-refractivity contribution >= 4 is 29.3 Å². The zero-order valence-corrected chi connectivity index (χ0v) is 30.7. The van der Waals surface area contributed by atoms with E-state index in [-0.39, 0.29) is 5.84 Å². The summed E-state index contributed by atoms with van der Waals surface area (Å²) < 4.78 is 76.7. The van der Waals surface area contributed by atoms with Gasteiger partial charge in [-0.1, -0.05) is 117 Å². The van der Waals surface area contributed by atoms with Crippen LogP contribution in [-0.2, 0) is 16.4 Å². The Kier molecular flexibility index (Phi) is 12.6. The van der Waals surface area contributed by atoms with Crippen LogP contribution >= 0.6 is 0 Å². The number of alkyl halides is 6. The van der Waals surface area contributed by atoms with E-state index < -0.39 is 35.8 Å². The van der Waals surface area contributed by atoms with Crippen LogP contribution < -0.4 is 11.1 Å². The molecule has 5 aromatic rings. The monoisotopic (exact) mass is 756 g/mol. The molecule has 0 aromatic heterocycles. The molecule has 11 heteroatoms. The molecule has 0 atom stereocenters. The van der Waals surface area contributed by atoms with Gasteiger partial charge in [0.25, 0.3) is 0 Å². The fourth-order valence-electron chi connectivity index (χ4n) is 6.92. The number of carbonyl (C=O) groups excluding carboxylic acids is 1. The van der Waals surface area contributed by atoms with Gasteiger partial charge >= 0.3 is 12.4 Å². The van der Waals surface area contributed by atoms with Crippen molar-refractivity contribution in [2.45, 2.75) is 64.2 Å². The number of unbranched alkanes of at least 4 members (excludes halogenated alkanes) is 2. The number of carbonyl (C=O) groups is 1. The standard InChI is InChI=1S/C23H20F3N3.C21H22F3NO/c1-3-28-20-9-6-10-21(15(20)2)29-22(27)19-8-5-4-7-18(19)16-11-13-17(14-12-16)23(24,25)26;1-2-3-8-13-20(19(26)25-14-21(22,23)24)17-11-6-4-9-15(17)16-10-5-7-12-18(16)20/h3-14H,1-2H3,(H2,27,29);4-7,9-12H,2-3,8,13-14H2,1H3,(H,25,26). The lowest BCUT2D eigenvalue weighted by Crippen LogP contribution is -2.47. The fourth-order valence-corrected chi connectivity index (χ4v) is 6.92. The maximum atomic E-state index is 13.1. The third kappa shape index (κ3) is 9.16. The van der Waals surface area contributed by atoms with Crippen molar-refractivity contribution in [3.05, 3.63) is 143 Å². The second-order valence-electron chi connectivity index (χ2n) is 13.2. The Morgan fingerprint density at radius 3 is 1.87 bits per heavy atom. The minimum Gasteiger partial charge on any atom is -0.383 e. The SMILES string of the molecule is CC=Nc1cccc(N=C(N)c2ccccc2-c2ccc(C(F)(F)F)cc2)c1C.CCCCCC1(C(=O)NCC(F)(F)F)c2ccccc2-c2ccccc21. The maximum absolute atomic E-state index is 13.1. The number of hydrogen-bond acceptors (Lipinski definition) is 3. The van der Waals surface area contributed by atoms with Gasteiger partial charge in [0.05, 0.1) is 16.9 Å². The molecule has 0 spiro atoms. The Labute approximate surface area is 317 Å². The lowest BCUT2D eigenvalue weighted by atomic mass is 9.73. The van der Waals surface area contributed by atoms with E-state index in [0.29, 0.717) is 28.8 Å². The zero-order valence-electron chi connectivity index (χ0n) is 30.7. The van der Waals surface area contributed by atoms with E-state index in [0.717, 1.165) is 64.9 Å². The number of fused-ring (bicyclic) bond motifs is 3. The van der Waals surface area contributed by atoms with Gasteiger partial charge in [-0.15, -0.1) is 0 Å². The average molecular weight is 757 g/mol. The normalized spacial score (nSPS) is 13.5. The van der Waals surface area contributed by atoms with Crippen molar-refractivity contribution in [2.24, 2.45) is 15.7 Å². The summed E-state index contributed by atoms with van der Waals surface area (Å²) >= 11 is 0. The first-order valence-electron chi connectivity index (χ1n) is 17.9. The molecule has 5 nitrogen and oxygen atoms in total. The Balaban J connectivity index is 0.000000212. The third-order valence-corrected chi connectivity index (χ3v) is 9.57. The van der Waals surface area contributed by atoms with Crippen molar-refractivity contribution in [1.82, 2.24) is 5.32 Å². The quantitative estimate of drug-likeness (QED) is 0.0644. The number of amidine groups is 1. The average Bonchev–Trinajstić information content (AvgIpc) is 3.46. The predicted octanol–water partition coefficient (Wildman–Crippen LogP) is 11.7. The van der Waals surface area contributed by atoms with E-state index in [1.54, 1.807) is 12.3 Å². The summed E-state index contributed by atoms with van der Waals surface area (Å²) in [7, 11) is 0. The third-order valence-electron chi connectivity index (χ3n) is 9.57. The lowest BCUT2D eigenvalue weighted by molar-refractivity contribution is -0.141. The van der Waals surface area contributed by atoms with Crippen LogP contribution in [0, 0.1) is 6.92 Å². The molecule has 5 aromatic carbocycles. The topological polar surface area (TPSA) is 79.8 Å². The highest BCUT2D eigenvalue weighted by atomic mass is 19.4. The fraction of sp³-hybridized carbons (Fsp3) is 0.250. The van der Waals surface area contributed by atoms with E-state index >= 15 is 0 Å². The molecule has 55 heavy (non-hydrogen) atoms. The van der Waals surface area contributed by atoms with Crippen LogP contribution in [-0.4, -0.2) is 30.7 Å². The molecule has 1 aliphatic rings. The van der Waals surface area contributed by atoms with E-state index in [9.17, 15) is 31.1 Å². The summed E-state index contributed by atoms with van der Waals surface area (Å²) in [5, 5.41) is 2.15. The summed E-state index contributed by atoms with van der Waals surface area (Å²) in [4.78, 5) is 22.0. The molecule has 0 fully saturated rings. The van der Waals surface area contributed by atoms with E-state index in [1.165, 1.54) is 12.1 Å². The number of nitrogens with zero attached hydrogens (tertiary/aromatic N) is 2. The number of halogens is 6. The molecule has 0 bridgehead atoms. The highest BCUT2D eigenvalue weighted by Gasteiger charge is 2.49. The van der Waals surface area contributed by atoms with E-state index in [4.69, 9.17) is 5.73 Å². The first-order chi connectivity index (χ1) is 26.2. The van der Waals surface area contributed by atoms with Crippen LogP contribution in [0.4, 0.5) is 37.7 Å². The molecular weight excluding hydrogens is 714 g/mol. The van der Waals surface area contributed by atoms with Crippen molar-refractivity contribution in [1.29, 1.82) is 0 Å². The summed E-state index contributed by atoms with van der Waals surface area (Å²) in [5.41, 5.74) is 12.4. The van der Waals surface area contributed by atoms with Gasteiger partial charge in [-0.05, 0) is 77.9 Å². The number of benzene rings is 5. The number of nitrogens with two attached hydrogens (primary N) is 1. The number of rotatable bonds is 10. The number of hydrogen-bond donors (Lipinski definition) is 2. The van der Waals surface area contributed by atoms with Crippen molar-refractivity contribution in [2.75, 3.05) is 6.54 Å². The van der Waals surface area contributed by atoms with Gasteiger partial charge in [0.2, 0.25) is 5.91 Å². The van der Waals surface area contributed by atoms with Gasteiger partial charge in [0.1, 0.15) is 17.8 Å². The van der Waals surface area contributed by atoms with Crippen LogP contribution in [0.5, 0.6) is 0 Å². The second kappa shape index (κ2) is 17.2. The predicted molar refractivity (Wildman–Crippen MR) is 208 cm³/mol. The van der Waals surface area contributed by atoms with Crippen LogP contribution in [0.3, 0.4) is 0 Å². The van der Waals surface area contributed by atoms with Gasteiger partial charge in [0.15, 0.2) is 0 Å². The molecule has 0 heterocycles. The zero-order chi connectivity index (χ0) is 39.8. The molecule has 0 saturated carbocycles. The van der Waals surface area contributed by atoms with Crippen LogP contribution in [0.1, 0.15) is 67.3 Å². The summed E-state index contributed by atoms with van der Waals surface area (Å²) in [6.07, 6.45) is -3.92. The van der Waals surface area contributed by atoms with Crippen LogP contribution in [0.25, 0.3) is 22.3 Å². The first-order valence-corrected chi connectivity index (χ1v) is 17.9. The molecule has 1 amide bonds. The second-order valence-corrected chi connectivity index (χ2v) is 13.2. The van der Waals surface area contributed by atoms with E-state index in [1.807, 2.05) is 98.8 Å². The number of nitrogens with one attached hydrogen (secondary N) is 1. The van der Waals surface area contributed by atoms with Crippen LogP contribution in [0.2, 0.25) is 0 Å².